The third-order valence-electron chi connectivity index (χ3n) is 10.5. The van der Waals surface area contributed by atoms with Gasteiger partial charge in [0.25, 0.3) is 5.56 Å². The van der Waals surface area contributed by atoms with Gasteiger partial charge in [0.1, 0.15) is 5.69 Å². The molecule has 2 aliphatic heterocycles. The van der Waals surface area contributed by atoms with Crippen molar-refractivity contribution < 1.29 is 0 Å². The van der Waals surface area contributed by atoms with Gasteiger partial charge in [-0.25, -0.2) is 4.98 Å². The highest BCUT2D eigenvalue weighted by Crippen LogP contribution is 2.48. The van der Waals surface area contributed by atoms with E-state index >= 15 is 0 Å². The molecule has 200 valence electrons. The lowest BCUT2D eigenvalue weighted by molar-refractivity contribution is -0.0642. The Morgan fingerprint density at radius 1 is 0.842 bits per heavy atom. The largest absolute Gasteiger partial charge is 0.329 e. The molecule has 4 heterocycles. The van der Waals surface area contributed by atoms with Crippen LogP contribution >= 0.6 is 0 Å². The van der Waals surface area contributed by atoms with E-state index in [1.54, 1.807) is 12.3 Å². The van der Waals surface area contributed by atoms with E-state index in [2.05, 4.69) is 21.4 Å². The Morgan fingerprint density at radius 2 is 1.63 bits per heavy atom. The van der Waals surface area contributed by atoms with Crippen LogP contribution in [-0.2, 0) is 0 Å². The summed E-state index contributed by atoms with van der Waals surface area (Å²) in [6, 6.07) is 13.2. The standard InChI is InChI=1S/C32H40N4O2/c1-20-10-11-24-18-26(19-29(20)35(24)25-15-21-6-2-3-7-22(14-21)16-25)36-28-9-5-4-8-27(28)34-31(32(36)38)23-12-13-33-30(37)17-23/h4-5,8-9,12-13,17,20-22,24-26,29H,2-3,6-7,10-11,14-16,18-19H2,1H3,(H,33,37)/t20-,21-,22+,24+,25-,26-,29+/m0/s1. The molecular weight excluding hydrogens is 472 g/mol. The molecule has 38 heavy (non-hydrogen) atoms. The van der Waals surface area contributed by atoms with E-state index in [1.807, 2.05) is 24.3 Å². The van der Waals surface area contributed by atoms with Crippen molar-refractivity contribution in [2.45, 2.75) is 102 Å². The van der Waals surface area contributed by atoms with Crippen LogP contribution in [0.25, 0.3) is 22.3 Å². The Hall–Kier alpha value is -2.73. The maximum atomic E-state index is 14.1. The normalized spacial score (nSPS) is 33.7. The van der Waals surface area contributed by atoms with Crippen LogP contribution in [0.4, 0.5) is 0 Å². The third kappa shape index (κ3) is 4.25. The number of nitrogens with one attached hydrogen (secondary N) is 1. The number of benzene rings is 1. The molecule has 4 bridgehead atoms. The summed E-state index contributed by atoms with van der Waals surface area (Å²) in [6.45, 7) is 2.45. The minimum atomic E-state index is -0.215. The summed E-state index contributed by atoms with van der Waals surface area (Å²) in [5.74, 6) is 2.48. The topological polar surface area (TPSA) is 71.0 Å². The molecule has 4 aliphatic rings. The lowest BCUT2D eigenvalue weighted by atomic mass is 9.71. The summed E-state index contributed by atoms with van der Waals surface area (Å²) < 4.78 is 2.05. The first kappa shape index (κ1) is 24.3. The van der Waals surface area contributed by atoms with Gasteiger partial charge in [0.15, 0.2) is 0 Å². The lowest BCUT2D eigenvalue weighted by Gasteiger charge is -2.56. The number of fused-ring (bicyclic) bond motifs is 5. The number of nitrogens with zero attached hydrogens (tertiary/aromatic N) is 3. The summed E-state index contributed by atoms with van der Waals surface area (Å²) in [5.41, 5.74) is 2.43. The number of rotatable bonds is 3. The maximum Gasteiger partial charge on any atom is 0.277 e. The van der Waals surface area contributed by atoms with Gasteiger partial charge >= 0.3 is 0 Å². The van der Waals surface area contributed by atoms with Gasteiger partial charge in [-0.15, -0.1) is 0 Å². The molecule has 2 saturated carbocycles. The number of pyridine rings is 1. The van der Waals surface area contributed by atoms with Crippen molar-refractivity contribution in [3.05, 3.63) is 63.3 Å². The maximum absolute atomic E-state index is 14.1. The highest BCUT2D eigenvalue weighted by molar-refractivity contribution is 5.78. The zero-order chi connectivity index (χ0) is 25.8. The predicted molar refractivity (Wildman–Crippen MR) is 151 cm³/mol. The van der Waals surface area contributed by atoms with Crippen LogP contribution in [0, 0.1) is 17.8 Å². The van der Waals surface area contributed by atoms with Crippen molar-refractivity contribution in [2.75, 3.05) is 0 Å². The van der Waals surface area contributed by atoms with Gasteiger partial charge < -0.3 is 9.55 Å². The minimum Gasteiger partial charge on any atom is -0.329 e. The van der Waals surface area contributed by atoms with E-state index in [1.165, 1.54) is 63.9 Å². The molecule has 2 aliphatic carbocycles. The number of aromatic nitrogens is 3. The van der Waals surface area contributed by atoms with Gasteiger partial charge in [-0.1, -0.05) is 44.7 Å². The van der Waals surface area contributed by atoms with E-state index in [9.17, 15) is 9.59 Å². The fourth-order valence-corrected chi connectivity index (χ4v) is 8.83. The van der Waals surface area contributed by atoms with Crippen molar-refractivity contribution in [3.63, 3.8) is 0 Å². The molecule has 6 heteroatoms. The number of piperidine rings is 2. The molecule has 0 radical (unpaired) electrons. The van der Waals surface area contributed by atoms with Gasteiger partial charge in [0.05, 0.1) is 11.0 Å². The molecule has 7 atom stereocenters. The van der Waals surface area contributed by atoms with Gasteiger partial charge in [-0.2, -0.15) is 0 Å². The van der Waals surface area contributed by atoms with Crippen LogP contribution in [0.3, 0.4) is 0 Å². The molecule has 1 aromatic carbocycles. The molecule has 7 rings (SSSR count). The first-order valence-electron chi connectivity index (χ1n) is 15.0. The van der Waals surface area contributed by atoms with Crippen LogP contribution in [-0.4, -0.2) is 37.6 Å². The molecule has 0 unspecified atom stereocenters. The van der Waals surface area contributed by atoms with Gasteiger partial charge in [0, 0.05) is 42.0 Å². The Morgan fingerprint density at radius 3 is 2.42 bits per heavy atom. The number of H-pyrrole nitrogens is 1. The van der Waals surface area contributed by atoms with E-state index in [-0.39, 0.29) is 17.2 Å². The highest BCUT2D eigenvalue weighted by atomic mass is 16.1. The van der Waals surface area contributed by atoms with E-state index in [0.29, 0.717) is 35.3 Å². The van der Waals surface area contributed by atoms with Gasteiger partial charge in [0.2, 0.25) is 5.56 Å². The molecule has 4 fully saturated rings. The Balaban J connectivity index is 1.27. The summed E-state index contributed by atoms with van der Waals surface area (Å²) >= 11 is 0. The quantitative estimate of drug-likeness (QED) is 0.473. The molecule has 2 aromatic heterocycles. The van der Waals surface area contributed by atoms with E-state index in [0.717, 1.165) is 35.7 Å². The van der Waals surface area contributed by atoms with Crippen molar-refractivity contribution in [1.82, 2.24) is 19.4 Å². The van der Waals surface area contributed by atoms with Crippen LogP contribution in [0.5, 0.6) is 0 Å². The van der Waals surface area contributed by atoms with Gasteiger partial charge in [-0.05, 0) is 80.9 Å². The molecule has 2 saturated heterocycles. The number of hydrogen-bond acceptors (Lipinski definition) is 4. The minimum absolute atomic E-state index is 0.0674. The molecule has 0 spiro atoms. The van der Waals surface area contributed by atoms with E-state index < -0.39 is 0 Å². The first-order valence-corrected chi connectivity index (χ1v) is 15.0. The second-order valence-corrected chi connectivity index (χ2v) is 12.8. The van der Waals surface area contributed by atoms with Gasteiger partial charge in [-0.3, -0.25) is 14.5 Å². The summed E-state index contributed by atoms with van der Waals surface area (Å²) in [6.07, 6.45) is 16.1. The highest BCUT2D eigenvalue weighted by Gasteiger charge is 2.47. The van der Waals surface area contributed by atoms with Crippen LogP contribution < -0.4 is 11.1 Å². The molecule has 1 N–H and O–H groups in total. The van der Waals surface area contributed by atoms with Crippen LogP contribution in [0.1, 0.15) is 83.6 Å². The summed E-state index contributed by atoms with van der Waals surface area (Å²) in [4.78, 5) is 36.6. The number of hydrogen-bond donors (Lipinski definition) is 1. The van der Waals surface area contributed by atoms with Crippen molar-refractivity contribution in [3.8, 4) is 11.3 Å². The second kappa shape index (κ2) is 9.78. The fourth-order valence-electron chi connectivity index (χ4n) is 8.83. The fraction of sp³-hybridized carbons (Fsp3) is 0.594. The molecular formula is C32H40N4O2. The summed E-state index contributed by atoms with van der Waals surface area (Å²) in [5, 5.41) is 0. The number of aromatic amines is 1. The van der Waals surface area contributed by atoms with Crippen molar-refractivity contribution in [2.24, 2.45) is 17.8 Å². The average molecular weight is 513 g/mol. The second-order valence-electron chi connectivity index (χ2n) is 12.8. The SMILES string of the molecule is C[C@H]1CC[C@@H]2C[C@H](n3c(=O)c(-c4cc[nH]c(=O)c4)nc4ccccc43)C[C@H]1N2[C@@H]1C[C@@H]2CCCC[C@@H](C2)C1. The zero-order valence-electron chi connectivity index (χ0n) is 22.5. The van der Waals surface area contributed by atoms with Crippen molar-refractivity contribution >= 4 is 11.0 Å². The Labute approximate surface area is 224 Å². The average Bonchev–Trinajstić information content (AvgIpc) is 3.09. The monoisotopic (exact) mass is 512 g/mol. The summed E-state index contributed by atoms with van der Waals surface area (Å²) in [7, 11) is 0. The third-order valence-corrected chi connectivity index (χ3v) is 10.5. The van der Waals surface area contributed by atoms with Crippen LogP contribution in [0.15, 0.2) is 52.2 Å². The number of para-hydroxylation sites is 2. The predicted octanol–water partition coefficient (Wildman–Crippen LogP) is 5.91. The lowest BCUT2D eigenvalue weighted by Crippen LogP contribution is -2.60. The first-order chi connectivity index (χ1) is 18.5. The smallest absolute Gasteiger partial charge is 0.277 e. The molecule has 0 amide bonds. The Bertz CT molecular complexity index is 1430. The van der Waals surface area contributed by atoms with Crippen molar-refractivity contribution in [1.29, 1.82) is 0 Å². The van der Waals surface area contributed by atoms with E-state index in [4.69, 9.17) is 4.98 Å². The molecule has 6 nitrogen and oxygen atoms in total. The van der Waals surface area contributed by atoms with Crippen LogP contribution in [0.2, 0.25) is 0 Å². The zero-order valence-corrected chi connectivity index (χ0v) is 22.5. The molecule has 3 aromatic rings. The Kier molecular flexibility index (Phi) is 6.26.